The molecule has 2 unspecified atom stereocenters. The highest BCUT2D eigenvalue weighted by atomic mass is 16.5. The molecule has 2 amide bonds. The van der Waals surface area contributed by atoms with Crippen molar-refractivity contribution in [2.24, 2.45) is 11.8 Å². The number of likely N-dealkylation sites (tertiary alicyclic amines) is 2. The van der Waals surface area contributed by atoms with E-state index in [0.29, 0.717) is 32.8 Å². The molecule has 0 aromatic heterocycles. The minimum atomic E-state index is -0.249. The van der Waals surface area contributed by atoms with Crippen LogP contribution >= 0.6 is 0 Å². The van der Waals surface area contributed by atoms with Gasteiger partial charge in [-0.05, 0) is 18.2 Å². The Morgan fingerprint density at radius 2 is 1.72 bits per heavy atom. The molecule has 7 heteroatoms. The lowest BCUT2D eigenvalue weighted by molar-refractivity contribution is -0.141. The predicted octanol–water partition coefficient (Wildman–Crippen LogP) is 0.767. The van der Waals surface area contributed by atoms with E-state index in [-0.39, 0.29) is 23.7 Å². The van der Waals surface area contributed by atoms with Crippen molar-refractivity contribution in [2.75, 3.05) is 47.6 Å². The number of ether oxygens (including phenoxy) is 3. The second kappa shape index (κ2) is 7.41. The van der Waals surface area contributed by atoms with Gasteiger partial charge in [0, 0.05) is 32.3 Å². The van der Waals surface area contributed by atoms with Gasteiger partial charge in [-0.15, -0.1) is 0 Å². The number of carbonyl (C=O) groups is 2. The minimum absolute atomic E-state index is 0.0767. The molecule has 2 atom stereocenters. The normalized spacial score (nSPS) is 23.2. The van der Waals surface area contributed by atoms with Crippen LogP contribution in [0.5, 0.6) is 11.5 Å². The number of hydrogen-bond donors (Lipinski definition) is 0. The monoisotopic (exact) mass is 348 g/mol. The lowest BCUT2D eigenvalue weighted by Gasteiger charge is -2.21. The molecule has 2 aliphatic heterocycles. The zero-order valence-corrected chi connectivity index (χ0v) is 14.9. The summed E-state index contributed by atoms with van der Waals surface area (Å²) >= 11 is 0. The maximum Gasteiger partial charge on any atom is 0.234 e. The van der Waals surface area contributed by atoms with E-state index in [1.807, 2.05) is 18.2 Å². The Bertz CT molecular complexity index is 639. The molecule has 1 aromatic carbocycles. The molecule has 25 heavy (non-hydrogen) atoms. The molecular weight excluding hydrogens is 324 g/mol. The average Bonchev–Trinajstić information content (AvgIpc) is 3.13. The molecule has 2 saturated heterocycles. The molecule has 0 bridgehead atoms. The summed E-state index contributed by atoms with van der Waals surface area (Å²) in [6, 6.07) is 5.65. The van der Waals surface area contributed by atoms with Crippen LogP contribution in [-0.4, -0.2) is 69.2 Å². The van der Waals surface area contributed by atoms with Crippen LogP contribution in [0.4, 0.5) is 0 Å². The Morgan fingerprint density at radius 3 is 2.28 bits per heavy atom. The Labute approximate surface area is 147 Å². The fraction of sp³-hybridized carbons (Fsp3) is 0.556. The van der Waals surface area contributed by atoms with Crippen LogP contribution in [0.25, 0.3) is 0 Å². The number of methoxy groups -OCH3 is 3. The molecule has 7 nitrogen and oxygen atoms in total. The highest BCUT2D eigenvalue weighted by Crippen LogP contribution is 2.35. The van der Waals surface area contributed by atoms with Crippen LogP contribution in [0.15, 0.2) is 18.2 Å². The van der Waals surface area contributed by atoms with Crippen LogP contribution in [-0.2, 0) is 20.9 Å². The standard InChI is InChI=1S/C18H24N2O5/c1-23-7-6-20-17(21)14-10-19(11-15(14)18(20)22)9-12-8-13(24-2)4-5-16(12)25-3/h4-5,8,14-15H,6-7,9-11H2,1-3H3. The third-order valence-electron chi connectivity index (χ3n) is 4.96. The van der Waals surface area contributed by atoms with Crippen molar-refractivity contribution in [3.8, 4) is 11.5 Å². The third-order valence-corrected chi connectivity index (χ3v) is 4.96. The number of benzene rings is 1. The molecule has 2 fully saturated rings. The van der Waals surface area contributed by atoms with E-state index in [2.05, 4.69) is 4.90 Å². The number of rotatable bonds is 7. The summed E-state index contributed by atoms with van der Waals surface area (Å²) in [5.74, 6) is 0.881. The molecule has 1 aromatic rings. The summed E-state index contributed by atoms with van der Waals surface area (Å²) in [5, 5.41) is 0. The quantitative estimate of drug-likeness (QED) is 0.678. The summed E-state index contributed by atoms with van der Waals surface area (Å²) < 4.78 is 15.7. The predicted molar refractivity (Wildman–Crippen MR) is 90.4 cm³/mol. The van der Waals surface area contributed by atoms with E-state index in [4.69, 9.17) is 14.2 Å². The van der Waals surface area contributed by atoms with E-state index in [9.17, 15) is 9.59 Å². The summed E-state index contributed by atoms with van der Waals surface area (Å²) in [5.41, 5.74) is 0.984. The Hall–Kier alpha value is -2.12. The summed E-state index contributed by atoms with van der Waals surface area (Å²) in [6.07, 6.45) is 0. The van der Waals surface area contributed by atoms with Gasteiger partial charge in [0.25, 0.3) is 0 Å². The van der Waals surface area contributed by atoms with Gasteiger partial charge < -0.3 is 14.2 Å². The molecular formula is C18H24N2O5. The van der Waals surface area contributed by atoms with E-state index < -0.39 is 0 Å². The maximum atomic E-state index is 12.5. The Morgan fingerprint density at radius 1 is 1.04 bits per heavy atom. The molecule has 0 saturated carbocycles. The molecule has 0 aliphatic carbocycles. The van der Waals surface area contributed by atoms with Gasteiger partial charge in [0.2, 0.25) is 11.8 Å². The van der Waals surface area contributed by atoms with Crippen molar-refractivity contribution in [1.29, 1.82) is 0 Å². The van der Waals surface area contributed by atoms with Crippen LogP contribution in [0.2, 0.25) is 0 Å². The van der Waals surface area contributed by atoms with Gasteiger partial charge in [0.1, 0.15) is 11.5 Å². The first-order valence-electron chi connectivity index (χ1n) is 8.36. The van der Waals surface area contributed by atoms with Crippen molar-refractivity contribution in [1.82, 2.24) is 9.80 Å². The van der Waals surface area contributed by atoms with Gasteiger partial charge in [-0.1, -0.05) is 0 Å². The summed E-state index contributed by atoms with van der Waals surface area (Å²) in [4.78, 5) is 28.5. The number of fused-ring (bicyclic) bond motifs is 1. The second-order valence-electron chi connectivity index (χ2n) is 6.41. The Kier molecular flexibility index (Phi) is 5.24. The van der Waals surface area contributed by atoms with Crippen LogP contribution in [0.3, 0.4) is 0 Å². The van der Waals surface area contributed by atoms with Crippen LogP contribution < -0.4 is 9.47 Å². The van der Waals surface area contributed by atoms with Gasteiger partial charge in [-0.3, -0.25) is 19.4 Å². The Balaban J connectivity index is 1.69. The number of amides is 2. The van der Waals surface area contributed by atoms with Crippen molar-refractivity contribution < 1.29 is 23.8 Å². The van der Waals surface area contributed by atoms with Crippen molar-refractivity contribution in [2.45, 2.75) is 6.54 Å². The van der Waals surface area contributed by atoms with Gasteiger partial charge in [0.15, 0.2) is 0 Å². The van der Waals surface area contributed by atoms with E-state index >= 15 is 0 Å². The smallest absolute Gasteiger partial charge is 0.234 e. The van der Waals surface area contributed by atoms with E-state index in [1.165, 1.54) is 4.90 Å². The zero-order chi connectivity index (χ0) is 18.0. The highest BCUT2D eigenvalue weighted by molar-refractivity contribution is 6.05. The van der Waals surface area contributed by atoms with Crippen LogP contribution in [0.1, 0.15) is 5.56 Å². The maximum absolute atomic E-state index is 12.5. The SMILES string of the molecule is COCCN1C(=O)C2CN(Cc3cc(OC)ccc3OC)CC2C1=O. The second-order valence-corrected chi connectivity index (χ2v) is 6.41. The number of imide groups is 1. The molecule has 3 rings (SSSR count). The lowest BCUT2D eigenvalue weighted by Crippen LogP contribution is -2.37. The van der Waals surface area contributed by atoms with Gasteiger partial charge in [-0.2, -0.15) is 0 Å². The van der Waals surface area contributed by atoms with Gasteiger partial charge in [0.05, 0.1) is 39.2 Å². The first-order valence-corrected chi connectivity index (χ1v) is 8.36. The molecule has 2 aliphatic rings. The summed E-state index contributed by atoms with van der Waals surface area (Å²) in [6.45, 7) is 2.50. The van der Waals surface area contributed by atoms with Crippen molar-refractivity contribution >= 4 is 11.8 Å². The van der Waals surface area contributed by atoms with Gasteiger partial charge >= 0.3 is 0 Å². The summed E-state index contributed by atoms with van der Waals surface area (Å²) in [7, 11) is 4.82. The topological polar surface area (TPSA) is 68.3 Å². The molecule has 136 valence electrons. The number of nitrogens with zero attached hydrogens (tertiary/aromatic N) is 2. The first-order chi connectivity index (χ1) is 12.1. The largest absolute Gasteiger partial charge is 0.497 e. The van der Waals surface area contributed by atoms with E-state index in [1.54, 1.807) is 21.3 Å². The minimum Gasteiger partial charge on any atom is -0.497 e. The van der Waals surface area contributed by atoms with Crippen LogP contribution in [0, 0.1) is 11.8 Å². The number of carbonyl (C=O) groups excluding carboxylic acids is 2. The first kappa shape index (κ1) is 17.7. The zero-order valence-electron chi connectivity index (χ0n) is 14.9. The molecule has 0 N–H and O–H groups in total. The van der Waals surface area contributed by atoms with Crippen molar-refractivity contribution in [3.05, 3.63) is 23.8 Å². The fourth-order valence-corrected chi connectivity index (χ4v) is 3.67. The van der Waals surface area contributed by atoms with Crippen molar-refractivity contribution in [3.63, 3.8) is 0 Å². The molecule has 2 heterocycles. The fourth-order valence-electron chi connectivity index (χ4n) is 3.67. The molecule has 0 radical (unpaired) electrons. The van der Waals surface area contributed by atoms with E-state index in [0.717, 1.165) is 17.1 Å². The number of hydrogen-bond acceptors (Lipinski definition) is 6. The molecule has 0 spiro atoms. The third kappa shape index (κ3) is 3.34. The lowest BCUT2D eigenvalue weighted by atomic mass is 10.00. The van der Waals surface area contributed by atoms with Gasteiger partial charge in [-0.25, -0.2) is 0 Å². The highest BCUT2D eigenvalue weighted by Gasteiger charge is 2.51. The average molecular weight is 348 g/mol.